The lowest BCUT2D eigenvalue weighted by Gasteiger charge is -2.26. The number of anilines is 1. The zero-order valence-corrected chi connectivity index (χ0v) is 11.6. The Labute approximate surface area is 113 Å². The van der Waals surface area contributed by atoms with Gasteiger partial charge in [-0.1, -0.05) is 0 Å². The Morgan fingerprint density at radius 2 is 2.16 bits per heavy atom. The van der Waals surface area contributed by atoms with Gasteiger partial charge in [-0.05, 0) is 39.0 Å². The topological polar surface area (TPSA) is 52.6 Å². The van der Waals surface area contributed by atoms with Crippen LogP contribution < -0.4 is 10.2 Å². The molecule has 1 aromatic rings. The molecular formula is C14H21FN2O2. The van der Waals surface area contributed by atoms with Gasteiger partial charge in [0, 0.05) is 24.3 Å². The molecule has 1 rings (SSSR count). The molecule has 0 unspecified atom stereocenters. The van der Waals surface area contributed by atoms with Crippen LogP contribution in [0.2, 0.25) is 0 Å². The van der Waals surface area contributed by atoms with Crippen LogP contribution in [0.1, 0.15) is 32.4 Å². The smallest absolute Gasteiger partial charge is 0.239 e. The van der Waals surface area contributed by atoms with Gasteiger partial charge in [0.1, 0.15) is 5.82 Å². The summed E-state index contributed by atoms with van der Waals surface area (Å²) < 4.78 is 13.2. The van der Waals surface area contributed by atoms with Crippen molar-refractivity contribution in [2.24, 2.45) is 0 Å². The second-order valence-electron chi connectivity index (χ2n) is 4.35. The summed E-state index contributed by atoms with van der Waals surface area (Å²) in [5, 5.41) is 12.4. The van der Waals surface area contributed by atoms with Gasteiger partial charge < -0.3 is 15.3 Å². The molecular weight excluding hydrogens is 247 g/mol. The Morgan fingerprint density at radius 3 is 2.68 bits per heavy atom. The maximum absolute atomic E-state index is 13.2. The predicted octanol–water partition coefficient (Wildman–Crippen LogP) is 1.84. The van der Waals surface area contributed by atoms with Crippen LogP contribution in [-0.4, -0.2) is 30.6 Å². The summed E-state index contributed by atoms with van der Waals surface area (Å²) in [6.07, 6.45) is -0.783. The summed E-state index contributed by atoms with van der Waals surface area (Å²) in [6, 6.07) is 4.24. The van der Waals surface area contributed by atoms with E-state index in [1.165, 1.54) is 12.1 Å². The van der Waals surface area contributed by atoms with Crippen LogP contribution in [0.5, 0.6) is 0 Å². The Kier molecular flexibility index (Phi) is 5.76. The van der Waals surface area contributed by atoms with Gasteiger partial charge in [-0.2, -0.15) is 0 Å². The van der Waals surface area contributed by atoms with E-state index in [1.807, 2.05) is 18.7 Å². The molecule has 0 aliphatic heterocycles. The van der Waals surface area contributed by atoms with Crippen LogP contribution >= 0.6 is 0 Å². The molecule has 0 aliphatic carbocycles. The molecule has 1 aromatic carbocycles. The van der Waals surface area contributed by atoms with E-state index in [4.69, 9.17) is 0 Å². The number of benzene rings is 1. The van der Waals surface area contributed by atoms with Gasteiger partial charge in [-0.25, -0.2) is 4.39 Å². The normalized spacial score (nSPS) is 12.1. The Balaban J connectivity index is 3.00. The number of hydrogen-bond acceptors (Lipinski definition) is 3. The van der Waals surface area contributed by atoms with Crippen molar-refractivity contribution in [2.45, 2.75) is 26.9 Å². The molecule has 106 valence electrons. The lowest BCUT2D eigenvalue weighted by atomic mass is 10.1. The molecule has 1 amide bonds. The number of hydrogen-bond donors (Lipinski definition) is 2. The summed E-state index contributed by atoms with van der Waals surface area (Å²) >= 11 is 0. The number of nitrogens with one attached hydrogen (secondary N) is 1. The Bertz CT molecular complexity index is 435. The monoisotopic (exact) mass is 268 g/mol. The molecule has 2 N–H and O–H groups in total. The molecule has 0 saturated heterocycles. The van der Waals surface area contributed by atoms with E-state index < -0.39 is 11.9 Å². The molecule has 0 radical (unpaired) electrons. The fraction of sp³-hybridized carbons (Fsp3) is 0.500. The highest BCUT2D eigenvalue weighted by Gasteiger charge is 2.16. The van der Waals surface area contributed by atoms with Crippen LogP contribution in [0.15, 0.2) is 18.2 Å². The first-order chi connectivity index (χ1) is 8.99. The second kappa shape index (κ2) is 7.09. The first-order valence-corrected chi connectivity index (χ1v) is 6.48. The van der Waals surface area contributed by atoms with Gasteiger partial charge in [0.15, 0.2) is 0 Å². The molecule has 1 atom stereocenters. The van der Waals surface area contributed by atoms with E-state index in [0.29, 0.717) is 24.3 Å². The summed E-state index contributed by atoms with van der Waals surface area (Å²) in [6.45, 7) is 6.71. The first kappa shape index (κ1) is 15.4. The molecule has 0 aromatic heterocycles. The lowest BCUT2D eigenvalue weighted by molar-refractivity contribution is -0.119. The summed E-state index contributed by atoms with van der Waals surface area (Å²) in [4.78, 5) is 13.5. The number of halogens is 1. The fourth-order valence-corrected chi connectivity index (χ4v) is 1.94. The molecule has 0 heterocycles. The third kappa shape index (κ3) is 4.21. The van der Waals surface area contributed by atoms with E-state index in [2.05, 4.69) is 5.32 Å². The minimum absolute atomic E-state index is 0.0924. The second-order valence-corrected chi connectivity index (χ2v) is 4.35. The molecule has 0 saturated carbocycles. The van der Waals surface area contributed by atoms with E-state index >= 15 is 0 Å². The predicted molar refractivity (Wildman–Crippen MR) is 73.6 cm³/mol. The van der Waals surface area contributed by atoms with E-state index in [-0.39, 0.29) is 12.5 Å². The minimum atomic E-state index is -0.783. The molecule has 0 spiro atoms. The summed E-state index contributed by atoms with van der Waals surface area (Å²) in [7, 11) is 0. The fourth-order valence-electron chi connectivity index (χ4n) is 1.94. The number of carbonyl (C=O) groups excluding carboxylic acids is 1. The van der Waals surface area contributed by atoms with Crippen LogP contribution in [0.3, 0.4) is 0 Å². The third-order valence-corrected chi connectivity index (χ3v) is 2.87. The zero-order valence-electron chi connectivity index (χ0n) is 11.6. The maximum Gasteiger partial charge on any atom is 0.239 e. The molecule has 0 fully saturated rings. The number of likely N-dealkylation sites (N-methyl/N-ethyl adjacent to an activating group) is 2. The van der Waals surface area contributed by atoms with Gasteiger partial charge >= 0.3 is 0 Å². The van der Waals surface area contributed by atoms with Crippen LogP contribution in [-0.2, 0) is 4.79 Å². The number of carbonyl (C=O) groups is 1. The SMILES string of the molecule is CCNC(=O)CN(CC)c1ccc(F)cc1[C@@H](C)O. The van der Waals surface area contributed by atoms with Crippen molar-refractivity contribution in [2.75, 3.05) is 24.5 Å². The van der Waals surface area contributed by atoms with Gasteiger partial charge in [0.2, 0.25) is 5.91 Å². The number of nitrogens with zero attached hydrogens (tertiary/aromatic N) is 1. The van der Waals surface area contributed by atoms with Crippen molar-refractivity contribution in [3.8, 4) is 0 Å². The zero-order chi connectivity index (χ0) is 14.4. The number of aliphatic hydroxyl groups is 1. The highest BCUT2D eigenvalue weighted by atomic mass is 19.1. The minimum Gasteiger partial charge on any atom is -0.389 e. The maximum atomic E-state index is 13.2. The van der Waals surface area contributed by atoms with Crippen molar-refractivity contribution in [3.63, 3.8) is 0 Å². The van der Waals surface area contributed by atoms with Crippen molar-refractivity contribution in [3.05, 3.63) is 29.6 Å². The molecule has 4 nitrogen and oxygen atoms in total. The van der Waals surface area contributed by atoms with Crippen LogP contribution in [0, 0.1) is 5.82 Å². The standard InChI is InChI=1S/C14H21FN2O2/c1-4-16-14(19)9-17(5-2)13-7-6-11(15)8-12(13)10(3)18/h6-8,10,18H,4-5,9H2,1-3H3,(H,16,19)/t10-/m1/s1. The van der Waals surface area contributed by atoms with Crippen molar-refractivity contribution in [1.82, 2.24) is 5.32 Å². The van der Waals surface area contributed by atoms with Gasteiger partial charge in [-0.15, -0.1) is 0 Å². The van der Waals surface area contributed by atoms with Crippen molar-refractivity contribution < 1.29 is 14.3 Å². The van der Waals surface area contributed by atoms with Gasteiger partial charge in [-0.3, -0.25) is 4.79 Å². The Morgan fingerprint density at radius 1 is 1.47 bits per heavy atom. The Hall–Kier alpha value is -1.62. The largest absolute Gasteiger partial charge is 0.389 e. The van der Waals surface area contributed by atoms with Crippen LogP contribution in [0.4, 0.5) is 10.1 Å². The first-order valence-electron chi connectivity index (χ1n) is 6.48. The molecule has 0 aliphatic rings. The number of rotatable bonds is 6. The summed E-state index contributed by atoms with van der Waals surface area (Å²) in [5.41, 5.74) is 1.18. The van der Waals surface area contributed by atoms with Crippen LogP contribution in [0.25, 0.3) is 0 Å². The van der Waals surface area contributed by atoms with Crippen molar-refractivity contribution >= 4 is 11.6 Å². The third-order valence-electron chi connectivity index (χ3n) is 2.87. The molecule has 19 heavy (non-hydrogen) atoms. The highest BCUT2D eigenvalue weighted by Crippen LogP contribution is 2.27. The van der Waals surface area contributed by atoms with E-state index in [1.54, 1.807) is 13.0 Å². The quantitative estimate of drug-likeness (QED) is 0.827. The number of amides is 1. The molecule has 0 bridgehead atoms. The molecule has 5 heteroatoms. The van der Waals surface area contributed by atoms with Crippen molar-refractivity contribution in [1.29, 1.82) is 0 Å². The summed E-state index contributed by atoms with van der Waals surface area (Å²) in [5.74, 6) is -0.487. The lowest BCUT2D eigenvalue weighted by Crippen LogP contribution is -2.37. The van der Waals surface area contributed by atoms with E-state index in [0.717, 1.165) is 0 Å². The van der Waals surface area contributed by atoms with Gasteiger partial charge in [0.05, 0.1) is 12.6 Å². The average molecular weight is 268 g/mol. The van der Waals surface area contributed by atoms with Gasteiger partial charge in [0.25, 0.3) is 0 Å². The average Bonchev–Trinajstić information content (AvgIpc) is 2.36. The highest BCUT2D eigenvalue weighted by molar-refractivity contribution is 5.81. The number of aliphatic hydroxyl groups excluding tert-OH is 1. The van der Waals surface area contributed by atoms with E-state index in [9.17, 15) is 14.3 Å².